The Balaban J connectivity index is 0. The fourth-order valence-electron chi connectivity index (χ4n) is 3.64. The Kier molecular flexibility index (Phi) is 27.1. The maximum absolute atomic E-state index is 11.9. The summed E-state index contributed by atoms with van der Waals surface area (Å²) in [6, 6.07) is 0.261. The number of nitrogens with one attached hydrogen (secondary N) is 1. The molecule has 0 aliphatic carbocycles. The lowest BCUT2D eigenvalue weighted by molar-refractivity contribution is -0.121. The highest BCUT2D eigenvalue weighted by Crippen LogP contribution is 2.25. The molecule has 198 valence electrons. The van der Waals surface area contributed by atoms with Gasteiger partial charge in [0.05, 0.1) is 0 Å². The van der Waals surface area contributed by atoms with Gasteiger partial charge in [0, 0.05) is 12.5 Å². The molecule has 0 heterocycles. The van der Waals surface area contributed by atoms with Crippen molar-refractivity contribution in [1.82, 2.24) is 5.32 Å². The first-order valence-corrected chi connectivity index (χ1v) is 15.0. The molecule has 0 aliphatic heterocycles. The van der Waals surface area contributed by atoms with Crippen LogP contribution in [0.5, 0.6) is 0 Å². The largest absolute Gasteiger partial charge is 0.466 e. The summed E-state index contributed by atoms with van der Waals surface area (Å²) in [5, 5.41) is 3.13. The fraction of sp³-hybridized carbons (Fsp3) is 0.885. The smallest absolute Gasteiger partial charge is 0.353 e. The second-order valence-corrected chi connectivity index (χ2v) is 10.2. The molecule has 0 radical (unpaired) electrons. The van der Waals surface area contributed by atoms with E-state index in [1.165, 1.54) is 103 Å². The van der Waals surface area contributed by atoms with E-state index >= 15 is 0 Å². The highest BCUT2D eigenvalue weighted by Gasteiger charge is 2.05. The molecule has 0 unspecified atom stereocenters. The van der Waals surface area contributed by atoms with E-state index in [-0.39, 0.29) is 11.9 Å². The number of allylic oxidation sites excluding steroid dienone is 1. The number of phosphoric acid groups is 1. The molecule has 0 spiro atoms. The van der Waals surface area contributed by atoms with Crippen LogP contribution in [-0.2, 0) is 9.36 Å². The van der Waals surface area contributed by atoms with Gasteiger partial charge in [-0.15, -0.1) is 0 Å². The number of rotatable bonds is 21. The molecular formula is C26H54NO5P. The van der Waals surface area contributed by atoms with Crippen LogP contribution in [0.2, 0.25) is 0 Å². The zero-order chi connectivity index (χ0) is 25.2. The minimum atomic E-state index is -4.64. The van der Waals surface area contributed by atoms with Crippen LogP contribution in [0.15, 0.2) is 12.2 Å². The lowest BCUT2D eigenvalue weighted by atomic mass is 10.1. The first-order valence-electron chi connectivity index (χ1n) is 13.4. The molecular weight excluding hydrogens is 437 g/mol. The molecule has 0 aromatic rings. The van der Waals surface area contributed by atoms with Crippen molar-refractivity contribution in [2.75, 3.05) is 0 Å². The number of carbonyl (C=O) groups excluding carboxylic acids is 1. The molecule has 0 aromatic heterocycles. The number of hydrogen-bond acceptors (Lipinski definition) is 2. The minimum Gasteiger partial charge on any atom is -0.353 e. The number of unbranched alkanes of at least 4 members (excludes halogenated alkanes) is 15. The Morgan fingerprint density at radius 2 is 1.12 bits per heavy atom. The molecule has 4 N–H and O–H groups in total. The van der Waals surface area contributed by atoms with Crippen molar-refractivity contribution in [3.05, 3.63) is 12.2 Å². The predicted molar refractivity (Wildman–Crippen MR) is 140 cm³/mol. The summed E-state index contributed by atoms with van der Waals surface area (Å²) < 4.78 is 8.88. The van der Waals surface area contributed by atoms with Gasteiger partial charge in [0.2, 0.25) is 5.91 Å². The Hall–Kier alpha value is -0.680. The molecule has 1 atom stereocenters. The summed E-state index contributed by atoms with van der Waals surface area (Å²) in [5.74, 6) is 0.225. The summed E-state index contributed by atoms with van der Waals surface area (Å²) in [5.41, 5.74) is 0. The third-order valence-corrected chi connectivity index (χ3v) is 5.55. The van der Waals surface area contributed by atoms with Crippen LogP contribution in [0.1, 0.15) is 143 Å². The molecule has 6 nitrogen and oxygen atoms in total. The number of carbonyl (C=O) groups is 1. The van der Waals surface area contributed by atoms with E-state index in [2.05, 4.69) is 38.2 Å². The summed E-state index contributed by atoms with van der Waals surface area (Å²) in [6.45, 7) is 6.62. The highest BCUT2D eigenvalue weighted by atomic mass is 31.2. The summed E-state index contributed by atoms with van der Waals surface area (Å²) in [6.07, 6.45) is 28.9. The third kappa shape index (κ3) is 38.9. The molecule has 0 rings (SSSR count). The van der Waals surface area contributed by atoms with Crippen molar-refractivity contribution >= 4 is 13.7 Å². The molecule has 0 fully saturated rings. The maximum Gasteiger partial charge on any atom is 0.466 e. The van der Waals surface area contributed by atoms with Crippen molar-refractivity contribution in [1.29, 1.82) is 0 Å². The zero-order valence-corrected chi connectivity index (χ0v) is 22.7. The van der Waals surface area contributed by atoms with Crippen molar-refractivity contribution in [2.45, 2.75) is 149 Å². The lowest BCUT2D eigenvalue weighted by Crippen LogP contribution is -2.31. The van der Waals surface area contributed by atoms with E-state index in [0.29, 0.717) is 6.42 Å². The van der Waals surface area contributed by atoms with Gasteiger partial charge in [-0.2, -0.15) is 0 Å². The van der Waals surface area contributed by atoms with Gasteiger partial charge in [0.25, 0.3) is 0 Å². The first kappa shape index (κ1) is 34.5. The average Bonchev–Trinajstić information content (AvgIpc) is 2.72. The monoisotopic (exact) mass is 491 g/mol. The minimum absolute atomic E-state index is 0.225. The molecule has 0 aliphatic rings. The SMILES string of the molecule is CCCCCCCCCCCCCC=CC[C@H](C)NC(=O)CCCCCCC.O=P(O)(O)O. The van der Waals surface area contributed by atoms with Gasteiger partial charge < -0.3 is 20.0 Å². The lowest BCUT2D eigenvalue weighted by Gasteiger charge is -2.11. The second kappa shape index (κ2) is 25.9. The Bertz CT molecular complexity index is 485. The summed E-state index contributed by atoms with van der Waals surface area (Å²) in [7, 11) is -4.64. The molecule has 33 heavy (non-hydrogen) atoms. The van der Waals surface area contributed by atoms with Gasteiger partial charge in [-0.25, -0.2) is 4.57 Å². The van der Waals surface area contributed by atoms with Gasteiger partial charge in [-0.1, -0.05) is 116 Å². The van der Waals surface area contributed by atoms with E-state index < -0.39 is 7.82 Å². The van der Waals surface area contributed by atoms with Crippen molar-refractivity contribution in [3.63, 3.8) is 0 Å². The zero-order valence-electron chi connectivity index (χ0n) is 21.8. The van der Waals surface area contributed by atoms with E-state index in [1.807, 2.05) is 0 Å². The first-order chi connectivity index (χ1) is 15.7. The topological polar surface area (TPSA) is 107 Å². The van der Waals surface area contributed by atoms with E-state index in [1.54, 1.807) is 0 Å². The van der Waals surface area contributed by atoms with Gasteiger partial charge in [-0.3, -0.25) is 4.79 Å². The van der Waals surface area contributed by atoms with Crippen LogP contribution in [0.4, 0.5) is 0 Å². The maximum atomic E-state index is 11.9. The highest BCUT2D eigenvalue weighted by molar-refractivity contribution is 7.45. The fourth-order valence-corrected chi connectivity index (χ4v) is 3.64. The molecule has 0 saturated carbocycles. The second-order valence-electron chi connectivity index (χ2n) is 9.18. The normalized spacial score (nSPS) is 12.4. The molecule has 0 aromatic carbocycles. The van der Waals surface area contributed by atoms with Crippen LogP contribution < -0.4 is 5.32 Å². The van der Waals surface area contributed by atoms with Crippen LogP contribution in [0.25, 0.3) is 0 Å². The molecule has 0 saturated heterocycles. The standard InChI is InChI=1S/C26H51NO.H3O4P/c1-4-6-8-10-11-12-13-14-15-16-17-18-20-21-23-25(3)27-26(28)24-22-19-9-7-5-2;1-5(2,3)4/h20-21,25H,4-19,22-24H2,1-3H3,(H,27,28);(H3,1,2,3,4)/t25-;/m0./s1. The Labute approximate surface area is 204 Å². The quantitative estimate of drug-likeness (QED) is 0.0752. The van der Waals surface area contributed by atoms with E-state index in [4.69, 9.17) is 19.2 Å². The third-order valence-electron chi connectivity index (χ3n) is 5.55. The van der Waals surface area contributed by atoms with Crippen LogP contribution >= 0.6 is 7.82 Å². The van der Waals surface area contributed by atoms with Crippen LogP contribution in [-0.4, -0.2) is 26.6 Å². The Morgan fingerprint density at radius 1 is 0.727 bits per heavy atom. The van der Waals surface area contributed by atoms with Gasteiger partial charge >= 0.3 is 7.82 Å². The van der Waals surface area contributed by atoms with E-state index in [0.717, 1.165) is 12.8 Å². The summed E-state index contributed by atoms with van der Waals surface area (Å²) >= 11 is 0. The van der Waals surface area contributed by atoms with Gasteiger partial charge in [-0.05, 0) is 32.6 Å². The van der Waals surface area contributed by atoms with Crippen LogP contribution in [0.3, 0.4) is 0 Å². The van der Waals surface area contributed by atoms with Crippen LogP contribution in [0, 0.1) is 0 Å². The molecule has 7 heteroatoms. The van der Waals surface area contributed by atoms with E-state index in [9.17, 15) is 4.79 Å². The molecule has 0 bridgehead atoms. The van der Waals surface area contributed by atoms with Crippen molar-refractivity contribution in [3.8, 4) is 0 Å². The van der Waals surface area contributed by atoms with Gasteiger partial charge in [0.15, 0.2) is 0 Å². The van der Waals surface area contributed by atoms with Crippen molar-refractivity contribution < 1.29 is 24.0 Å². The average molecular weight is 492 g/mol. The Morgan fingerprint density at radius 3 is 1.58 bits per heavy atom. The summed E-state index contributed by atoms with van der Waals surface area (Å²) in [4.78, 5) is 33.5. The van der Waals surface area contributed by atoms with Gasteiger partial charge in [0.1, 0.15) is 0 Å². The molecule has 1 amide bonds. The number of hydrogen-bond donors (Lipinski definition) is 4. The van der Waals surface area contributed by atoms with Crippen molar-refractivity contribution in [2.24, 2.45) is 0 Å². The predicted octanol–water partition coefficient (Wildman–Crippen LogP) is 7.57. The number of amides is 1.